The number of ether oxygens (including phenoxy) is 1. The van der Waals surface area contributed by atoms with Crippen LogP contribution in [0.25, 0.3) is 0 Å². The molecule has 19 heavy (non-hydrogen) atoms. The van der Waals surface area contributed by atoms with Crippen LogP contribution >= 0.6 is 0 Å². The van der Waals surface area contributed by atoms with E-state index in [9.17, 15) is 4.79 Å². The van der Waals surface area contributed by atoms with Crippen LogP contribution in [0.5, 0.6) is 0 Å². The Kier molecular flexibility index (Phi) is 4.30. The lowest BCUT2D eigenvalue weighted by Gasteiger charge is -2.24. The van der Waals surface area contributed by atoms with Crippen molar-refractivity contribution in [3.8, 4) is 0 Å². The van der Waals surface area contributed by atoms with Gasteiger partial charge < -0.3 is 15.4 Å². The fourth-order valence-electron chi connectivity index (χ4n) is 2.59. The molecule has 1 atom stereocenters. The first-order valence-electron chi connectivity index (χ1n) is 6.84. The molecule has 1 unspecified atom stereocenters. The summed E-state index contributed by atoms with van der Waals surface area (Å²) in [6.45, 7) is 4.36. The van der Waals surface area contributed by atoms with Gasteiger partial charge in [0.1, 0.15) is 0 Å². The summed E-state index contributed by atoms with van der Waals surface area (Å²) in [6, 6.07) is 5.42. The normalized spacial score (nSPS) is 19.9. The summed E-state index contributed by atoms with van der Waals surface area (Å²) in [6.07, 6.45) is 3.66. The highest BCUT2D eigenvalue weighted by Gasteiger charge is 2.17. The number of hydrogen-bond donors (Lipinski definition) is 1. The van der Waals surface area contributed by atoms with E-state index in [1.807, 2.05) is 6.07 Å². The number of benzene rings is 1. The first kappa shape index (κ1) is 13.7. The Labute approximate surface area is 114 Å². The first-order valence-corrected chi connectivity index (χ1v) is 6.84. The average molecular weight is 262 g/mol. The van der Waals surface area contributed by atoms with Gasteiger partial charge >= 0.3 is 5.97 Å². The van der Waals surface area contributed by atoms with Crippen molar-refractivity contribution in [2.24, 2.45) is 5.92 Å². The molecule has 0 saturated carbocycles. The number of rotatable bonds is 2. The highest BCUT2D eigenvalue weighted by Crippen LogP contribution is 2.28. The minimum absolute atomic E-state index is 0.345. The van der Waals surface area contributed by atoms with E-state index in [0.29, 0.717) is 11.3 Å². The van der Waals surface area contributed by atoms with Gasteiger partial charge in [0.2, 0.25) is 0 Å². The minimum Gasteiger partial charge on any atom is -0.465 e. The number of anilines is 2. The summed E-state index contributed by atoms with van der Waals surface area (Å²) in [5.41, 5.74) is 8.27. The lowest BCUT2D eigenvalue weighted by molar-refractivity contribution is 0.0601. The largest absolute Gasteiger partial charge is 0.465 e. The van der Waals surface area contributed by atoms with Crippen molar-refractivity contribution in [3.05, 3.63) is 23.8 Å². The zero-order chi connectivity index (χ0) is 13.8. The molecule has 0 spiro atoms. The zero-order valence-corrected chi connectivity index (χ0v) is 11.7. The molecule has 0 radical (unpaired) electrons. The van der Waals surface area contributed by atoms with Crippen molar-refractivity contribution in [3.63, 3.8) is 0 Å². The fourth-order valence-corrected chi connectivity index (χ4v) is 2.59. The van der Waals surface area contributed by atoms with Gasteiger partial charge in [-0.3, -0.25) is 0 Å². The standard InChI is InChI=1S/C15H22N2O2/c1-11-4-3-8-17(9-7-11)14-6-5-12(10-13(14)16)15(18)19-2/h5-6,10-11H,3-4,7-9,16H2,1-2H3. The summed E-state index contributed by atoms with van der Waals surface area (Å²) in [4.78, 5) is 13.8. The predicted molar refractivity (Wildman–Crippen MR) is 77.4 cm³/mol. The van der Waals surface area contributed by atoms with E-state index in [2.05, 4.69) is 11.8 Å². The van der Waals surface area contributed by atoms with E-state index in [1.54, 1.807) is 12.1 Å². The minimum atomic E-state index is -0.345. The monoisotopic (exact) mass is 262 g/mol. The van der Waals surface area contributed by atoms with Gasteiger partial charge in [0.05, 0.1) is 24.0 Å². The molecule has 4 heteroatoms. The quantitative estimate of drug-likeness (QED) is 0.657. The molecule has 1 aliphatic heterocycles. The lowest BCUT2D eigenvalue weighted by Crippen LogP contribution is -2.25. The summed E-state index contributed by atoms with van der Waals surface area (Å²) >= 11 is 0. The van der Waals surface area contributed by atoms with Crippen LogP contribution in [0.15, 0.2) is 18.2 Å². The second-order valence-corrected chi connectivity index (χ2v) is 5.29. The third-order valence-electron chi connectivity index (χ3n) is 3.81. The van der Waals surface area contributed by atoms with Crippen molar-refractivity contribution < 1.29 is 9.53 Å². The van der Waals surface area contributed by atoms with E-state index in [-0.39, 0.29) is 5.97 Å². The molecule has 104 valence electrons. The SMILES string of the molecule is COC(=O)c1ccc(N2CCCC(C)CC2)c(N)c1. The Bertz CT molecular complexity index is 459. The van der Waals surface area contributed by atoms with Crippen molar-refractivity contribution >= 4 is 17.3 Å². The van der Waals surface area contributed by atoms with Crippen LogP contribution < -0.4 is 10.6 Å². The predicted octanol–water partition coefficient (Wildman–Crippen LogP) is 2.68. The van der Waals surface area contributed by atoms with Crippen LogP contribution in [0.4, 0.5) is 11.4 Å². The molecule has 1 heterocycles. The second kappa shape index (κ2) is 5.95. The van der Waals surface area contributed by atoms with E-state index in [1.165, 1.54) is 26.4 Å². The molecule has 0 amide bonds. The maximum absolute atomic E-state index is 11.5. The molecule has 2 rings (SSSR count). The van der Waals surface area contributed by atoms with Gasteiger partial charge in [0.15, 0.2) is 0 Å². The number of hydrogen-bond acceptors (Lipinski definition) is 4. The Morgan fingerprint density at radius 1 is 1.37 bits per heavy atom. The Balaban J connectivity index is 2.18. The number of nitrogen functional groups attached to an aromatic ring is 1. The maximum atomic E-state index is 11.5. The van der Waals surface area contributed by atoms with Gasteiger partial charge in [-0.1, -0.05) is 6.92 Å². The lowest BCUT2D eigenvalue weighted by atomic mass is 10.0. The molecule has 0 aliphatic carbocycles. The molecule has 0 aromatic heterocycles. The second-order valence-electron chi connectivity index (χ2n) is 5.29. The van der Waals surface area contributed by atoms with Crippen LogP contribution in [0, 0.1) is 5.92 Å². The summed E-state index contributed by atoms with van der Waals surface area (Å²) in [5, 5.41) is 0. The smallest absolute Gasteiger partial charge is 0.337 e. The van der Waals surface area contributed by atoms with E-state index in [4.69, 9.17) is 10.5 Å². The molecule has 1 aromatic carbocycles. The highest BCUT2D eigenvalue weighted by atomic mass is 16.5. The summed E-state index contributed by atoms with van der Waals surface area (Å²) in [7, 11) is 1.38. The van der Waals surface area contributed by atoms with Gasteiger partial charge in [-0.25, -0.2) is 4.79 Å². The molecule has 0 bridgehead atoms. The topological polar surface area (TPSA) is 55.6 Å². The Hall–Kier alpha value is -1.71. The van der Waals surface area contributed by atoms with Gasteiger partial charge in [-0.05, 0) is 43.4 Å². The van der Waals surface area contributed by atoms with Crippen LogP contribution in [-0.4, -0.2) is 26.2 Å². The summed E-state index contributed by atoms with van der Waals surface area (Å²) in [5.74, 6) is 0.434. The number of carbonyl (C=O) groups is 1. The number of carbonyl (C=O) groups excluding carboxylic acids is 1. The number of nitrogens with two attached hydrogens (primary N) is 1. The number of esters is 1. The van der Waals surface area contributed by atoms with E-state index in [0.717, 1.165) is 24.7 Å². The highest BCUT2D eigenvalue weighted by molar-refractivity contribution is 5.91. The zero-order valence-electron chi connectivity index (χ0n) is 11.7. The van der Waals surface area contributed by atoms with Gasteiger partial charge in [-0.2, -0.15) is 0 Å². The fraction of sp³-hybridized carbons (Fsp3) is 0.533. The van der Waals surface area contributed by atoms with Crippen LogP contribution in [0.2, 0.25) is 0 Å². The van der Waals surface area contributed by atoms with Crippen LogP contribution in [-0.2, 0) is 4.74 Å². The van der Waals surface area contributed by atoms with Crippen molar-refractivity contribution in [1.82, 2.24) is 0 Å². The summed E-state index contributed by atoms with van der Waals surface area (Å²) < 4.78 is 4.70. The van der Waals surface area contributed by atoms with Crippen molar-refractivity contribution in [2.75, 3.05) is 30.8 Å². The molecule has 1 saturated heterocycles. The maximum Gasteiger partial charge on any atom is 0.337 e. The van der Waals surface area contributed by atoms with Gasteiger partial charge in [0.25, 0.3) is 0 Å². The third-order valence-corrected chi connectivity index (χ3v) is 3.81. The molecular formula is C15H22N2O2. The third kappa shape index (κ3) is 3.19. The Morgan fingerprint density at radius 3 is 2.84 bits per heavy atom. The molecule has 1 aliphatic rings. The number of methoxy groups -OCH3 is 1. The number of nitrogens with zero attached hydrogens (tertiary/aromatic N) is 1. The molecule has 4 nitrogen and oxygen atoms in total. The van der Waals surface area contributed by atoms with Gasteiger partial charge in [-0.15, -0.1) is 0 Å². The van der Waals surface area contributed by atoms with Crippen molar-refractivity contribution in [1.29, 1.82) is 0 Å². The molecule has 2 N–H and O–H groups in total. The molecule has 1 fully saturated rings. The van der Waals surface area contributed by atoms with Gasteiger partial charge in [0, 0.05) is 13.1 Å². The first-order chi connectivity index (χ1) is 9.11. The molecule has 1 aromatic rings. The van der Waals surface area contributed by atoms with E-state index < -0.39 is 0 Å². The van der Waals surface area contributed by atoms with Crippen LogP contribution in [0.3, 0.4) is 0 Å². The van der Waals surface area contributed by atoms with Crippen LogP contribution in [0.1, 0.15) is 36.5 Å². The average Bonchev–Trinajstić information content (AvgIpc) is 2.62. The molecular weight excluding hydrogens is 240 g/mol. The van der Waals surface area contributed by atoms with E-state index >= 15 is 0 Å². The Morgan fingerprint density at radius 2 is 2.16 bits per heavy atom. The van der Waals surface area contributed by atoms with Crippen molar-refractivity contribution in [2.45, 2.75) is 26.2 Å².